The van der Waals surface area contributed by atoms with Crippen molar-refractivity contribution in [3.63, 3.8) is 0 Å². The second-order valence-corrected chi connectivity index (χ2v) is 7.39. The van der Waals surface area contributed by atoms with Crippen molar-refractivity contribution in [2.75, 3.05) is 20.2 Å². The van der Waals surface area contributed by atoms with Gasteiger partial charge in [-0.15, -0.1) is 0 Å². The van der Waals surface area contributed by atoms with Crippen LogP contribution in [0.4, 0.5) is 0 Å². The molecule has 1 saturated heterocycles. The average molecular weight is 376 g/mol. The van der Waals surface area contributed by atoms with Crippen LogP contribution in [0.15, 0.2) is 60.8 Å². The van der Waals surface area contributed by atoms with Gasteiger partial charge in [-0.25, -0.2) is 0 Å². The molecule has 1 amide bonds. The summed E-state index contributed by atoms with van der Waals surface area (Å²) in [4.78, 5) is 26.3. The predicted octanol–water partition coefficient (Wildman–Crippen LogP) is 3.36. The van der Waals surface area contributed by atoms with Gasteiger partial charge in [0.15, 0.2) is 0 Å². The van der Waals surface area contributed by atoms with E-state index in [-0.39, 0.29) is 11.9 Å². The van der Waals surface area contributed by atoms with Crippen LogP contribution in [0.5, 0.6) is 0 Å². The van der Waals surface area contributed by atoms with E-state index in [1.54, 1.807) is 0 Å². The summed E-state index contributed by atoms with van der Waals surface area (Å²) in [6.45, 7) is 1.58. The SMILES string of the molecule is COC(=O)Cc1ccc(CC2CCN(C(=O)c3ccc4ccccn34)C2)cc1. The maximum Gasteiger partial charge on any atom is 0.309 e. The van der Waals surface area contributed by atoms with E-state index < -0.39 is 0 Å². The van der Waals surface area contributed by atoms with Crippen LogP contribution < -0.4 is 0 Å². The Bertz CT molecular complexity index is 991. The van der Waals surface area contributed by atoms with Gasteiger partial charge in [0.2, 0.25) is 0 Å². The van der Waals surface area contributed by atoms with Gasteiger partial charge in [-0.05, 0) is 54.2 Å². The number of carbonyl (C=O) groups excluding carboxylic acids is 2. The zero-order valence-corrected chi connectivity index (χ0v) is 16.0. The minimum absolute atomic E-state index is 0.0992. The first-order valence-electron chi connectivity index (χ1n) is 9.64. The fourth-order valence-electron chi connectivity index (χ4n) is 3.94. The molecule has 144 valence electrons. The minimum Gasteiger partial charge on any atom is -0.469 e. The Balaban J connectivity index is 1.37. The van der Waals surface area contributed by atoms with Crippen LogP contribution in [-0.2, 0) is 22.4 Å². The number of esters is 1. The van der Waals surface area contributed by atoms with Crippen LogP contribution in [0.1, 0.15) is 28.0 Å². The average Bonchev–Trinajstić information content (AvgIpc) is 3.36. The number of fused-ring (bicyclic) bond motifs is 1. The van der Waals surface area contributed by atoms with E-state index in [1.165, 1.54) is 12.7 Å². The lowest BCUT2D eigenvalue weighted by atomic mass is 9.97. The van der Waals surface area contributed by atoms with Crippen LogP contribution in [0.2, 0.25) is 0 Å². The van der Waals surface area contributed by atoms with E-state index in [4.69, 9.17) is 4.74 Å². The van der Waals surface area contributed by atoms with Gasteiger partial charge in [0, 0.05) is 24.8 Å². The fraction of sp³-hybridized carbons (Fsp3) is 0.304. The van der Waals surface area contributed by atoms with Crippen molar-refractivity contribution in [1.29, 1.82) is 0 Å². The molecule has 0 aliphatic carbocycles. The summed E-state index contributed by atoms with van der Waals surface area (Å²) in [5, 5.41) is 0. The number of carbonyl (C=O) groups is 2. The Morgan fingerprint density at radius 3 is 2.61 bits per heavy atom. The number of pyridine rings is 1. The lowest BCUT2D eigenvalue weighted by molar-refractivity contribution is -0.139. The van der Waals surface area contributed by atoms with E-state index in [9.17, 15) is 9.59 Å². The molecule has 5 nitrogen and oxygen atoms in total. The summed E-state index contributed by atoms with van der Waals surface area (Å²) in [7, 11) is 1.40. The molecule has 3 aromatic rings. The third kappa shape index (κ3) is 3.79. The van der Waals surface area contributed by atoms with E-state index >= 15 is 0 Å². The maximum atomic E-state index is 13.0. The molecule has 0 bridgehead atoms. The second kappa shape index (κ2) is 7.89. The highest BCUT2D eigenvalue weighted by atomic mass is 16.5. The molecule has 1 unspecified atom stereocenters. The third-order valence-corrected chi connectivity index (χ3v) is 5.48. The van der Waals surface area contributed by atoms with Crippen molar-refractivity contribution in [1.82, 2.24) is 9.30 Å². The topological polar surface area (TPSA) is 51.0 Å². The lowest BCUT2D eigenvalue weighted by Gasteiger charge is -2.17. The highest BCUT2D eigenvalue weighted by Gasteiger charge is 2.28. The van der Waals surface area contributed by atoms with E-state index in [0.717, 1.165) is 42.7 Å². The summed E-state index contributed by atoms with van der Waals surface area (Å²) in [5.74, 6) is 0.333. The third-order valence-electron chi connectivity index (χ3n) is 5.48. The monoisotopic (exact) mass is 376 g/mol. The van der Waals surface area contributed by atoms with E-state index in [0.29, 0.717) is 12.3 Å². The van der Waals surface area contributed by atoms with Crippen LogP contribution in [0.25, 0.3) is 5.52 Å². The molecule has 28 heavy (non-hydrogen) atoms. The van der Waals surface area contributed by atoms with Crippen LogP contribution in [0, 0.1) is 5.92 Å². The smallest absolute Gasteiger partial charge is 0.309 e. The number of nitrogens with zero attached hydrogens (tertiary/aromatic N) is 2. The standard InChI is InChI=1S/C23H24N2O3/c1-28-22(26)15-18-7-5-17(6-8-18)14-19-11-13-24(16-19)23(27)21-10-9-20-4-2-3-12-25(20)21/h2-10,12,19H,11,13-16H2,1H3. The Morgan fingerprint density at radius 2 is 1.82 bits per heavy atom. The maximum absolute atomic E-state index is 13.0. The molecule has 1 aliphatic heterocycles. The van der Waals surface area contributed by atoms with Gasteiger partial charge in [-0.3, -0.25) is 9.59 Å². The first kappa shape index (κ1) is 18.3. The van der Waals surface area contributed by atoms with Gasteiger partial charge >= 0.3 is 5.97 Å². The first-order valence-corrected chi connectivity index (χ1v) is 9.64. The first-order chi connectivity index (χ1) is 13.6. The van der Waals surface area contributed by atoms with Gasteiger partial charge in [-0.1, -0.05) is 30.3 Å². The van der Waals surface area contributed by atoms with Gasteiger partial charge in [-0.2, -0.15) is 0 Å². The Morgan fingerprint density at radius 1 is 1.04 bits per heavy atom. The van der Waals surface area contributed by atoms with Crippen molar-refractivity contribution in [3.8, 4) is 0 Å². The number of hydrogen-bond acceptors (Lipinski definition) is 3. The van der Waals surface area contributed by atoms with Gasteiger partial charge in [0.05, 0.1) is 13.5 Å². The van der Waals surface area contributed by atoms with Crippen LogP contribution >= 0.6 is 0 Å². The molecule has 0 spiro atoms. The Labute approximate surface area is 164 Å². The summed E-state index contributed by atoms with van der Waals surface area (Å²) < 4.78 is 6.66. The van der Waals surface area contributed by atoms with Crippen molar-refractivity contribution in [3.05, 3.63) is 77.6 Å². The Hall–Kier alpha value is -3.08. The molecule has 5 heteroatoms. The molecule has 1 aliphatic rings. The highest BCUT2D eigenvalue weighted by Crippen LogP contribution is 2.23. The predicted molar refractivity (Wildman–Crippen MR) is 107 cm³/mol. The van der Waals surface area contributed by atoms with E-state index in [2.05, 4.69) is 12.1 Å². The molecule has 3 heterocycles. The highest BCUT2D eigenvalue weighted by molar-refractivity contribution is 5.94. The molecule has 0 radical (unpaired) electrons. The zero-order chi connectivity index (χ0) is 19.5. The largest absolute Gasteiger partial charge is 0.469 e. The molecular weight excluding hydrogens is 352 g/mol. The lowest BCUT2D eigenvalue weighted by Crippen LogP contribution is -2.29. The molecule has 1 atom stereocenters. The van der Waals surface area contributed by atoms with E-state index in [1.807, 2.05) is 58.0 Å². The molecule has 0 N–H and O–H groups in total. The van der Waals surface area contributed by atoms with Crippen molar-refractivity contribution >= 4 is 17.4 Å². The quantitative estimate of drug-likeness (QED) is 0.642. The number of benzene rings is 1. The summed E-state index contributed by atoms with van der Waals surface area (Å²) in [6, 6.07) is 17.9. The van der Waals surface area contributed by atoms with Crippen molar-refractivity contribution < 1.29 is 14.3 Å². The summed E-state index contributed by atoms with van der Waals surface area (Å²) >= 11 is 0. The zero-order valence-electron chi connectivity index (χ0n) is 16.0. The number of hydrogen-bond donors (Lipinski definition) is 0. The number of methoxy groups -OCH3 is 1. The molecule has 1 aromatic carbocycles. The number of ether oxygens (including phenoxy) is 1. The minimum atomic E-state index is -0.226. The Kier molecular flexibility index (Phi) is 5.15. The number of rotatable bonds is 5. The molecular formula is C23H24N2O3. The number of aromatic nitrogens is 1. The second-order valence-electron chi connectivity index (χ2n) is 7.39. The molecule has 2 aromatic heterocycles. The van der Waals surface area contributed by atoms with Gasteiger partial charge in [0.25, 0.3) is 5.91 Å². The fourth-order valence-corrected chi connectivity index (χ4v) is 3.94. The molecule has 1 fully saturated rings. The normalized spacial score (nSPS) is 16.5. The number of likely N-dealkylation sites (tertiary alicyclic amines) is 1. The van der Waals surface area contributed by atoms with Gasteiger partial charge < -0.3 is 14.0 Å². The van der Waals surface area contributed by atoms with Crippen molar-refractivity contribution in [2.45, 2.75) is 19.3 Å². The van der Waals surface area contributed by atoms with Crippen LogP contribution in [-0.4, -0.2) is 41.4 Å². The van der Waals surface area contributed by atoms with Crippen LogP contribution in [0.3, 0.4) is 0 Å². The summed E-state index contributed by atoms with van der Waals surface area (Å²) in [6.07, 6.45) is 4.19. The summed E-state index contributed by atoms with van der Waals surface area (Å²) in [5.41, 5.74) is 3.96. The van der Waals surface area contributed by atoms with Crippen molar-refractivity contribution in [2.24, 2.45) is 5.92 Å². The van der Waals surface area contributed by atoms with Gasteiger partial charge in [0.1, 0.15) is 5.69 Å². The molecule has 4 rings (SSSR count). The number of amides is 1. The molecule has 0 saturated carbocycles.